The number of aryl methyl sites for hydroxylation is 1. The molecule has 2 aromatic rings. The van der Waals surface area contributed by atoms with Crippen molar-refractivity contribution in [2.75, 3.05) is 5.32 Å². The Bertz CT molecular complexity index is 1340. The fraction of sp³-hybridized carbons (Fsp3) is 0.321. The summed E-state index contributed by atoms with van der Waals surface area (Å²) in [4.78, 5) is 17.7. The summed E-state index contributed by atoms with van der Waals surface area (Å²) >= 11 is 0. The number of amides is 1. The van der Waals surface area contributed by atoms with Gasteiger partial charge in [0.25, 0.3) is 12.1 Å². The molecule has 0 fully saturated rings. The highest BCUT2D eigenvalue weighted by Gasteiger charge is 2.22. The number of nitrogens with zero attached hydrogens (tertiary/aromatic N) is 4. The van der Waals surface area contributed by atoms with Crippen molar-refractivity contribution >= 4 is 40.1 Å². The van der Waals surface area contributed by atoms with Gasteiger partial charge in [0.15, 0.2) is 0 Å². The number of allylic oxidation sites excluding steroid dienone is 6. The van der Waals surface area contributed by atoms with Crippen LogP contribution in [0.25, 0.3) is 10.9 Å². The average Bonchev–Trinajstić information content (AvgIpc) is 3.02. The Hall–Kier alpha value is -3.76. The zero-order valence-electron chi connectivity index (χ0n) is 19.7. The topological polar surface area (TPSA) is 73.4 Å². The fourth-order valence-electron chi connectivity index (χ4n) is 4.78. The highest BCUT2D eigenvalue weighted by atomic mass is 16.1. The van der Waals surface area contributed by atoms with Crippen LogP contribution in [0.4, 0.5) is 5.69 Å². The lowest BCUT2D eigenvalue weighted by atomic mass is 9.93. The molecular weight excluding hydrogens is 422 g/mol. The van der Waals surface area contributed by atoms with E-state index in [4.69, 9.17) is 5.10 Å². The quantitative estimate of drug-likeness (QED) is 0.645. The Kier molecular flexibility index (Phi) is 6.24. The van der Waals surface area contributed by atoms with Crippen molar-refractivity contribution in [1.29, 1.82) is 0 Å². The molecule has 1 aromatic heterocycles. The predicted octanol–water partition coefficient (Wildman–Crippen LogP) is 4.71. The number of carbonyl (C=O) groups is 1. The number of anilines is 1. The smallest absolute Gasteiger partial charge is 0.322 e. The summed E-state index contributed by atoms with van der Waals surface area (Å²) in [6.07, 6.45) is 20.1. The molecule has 6 nitrogen and oxygen atoms in total. The fourth-order valence-corrected chi connectivity index (χ4v) is 4.78. The number of hydrogen-bond acceptors (Lipinski definition) is 3. The Balaban J connectivity index is 1.37. The summed E-state index contributed by atoms with van der Waals surface area (Å²) in [6, 6.07) is 5.94. The summed E-state index contributed by atoms with van der Waals surface area (Å²) in [5.41, 5.74) is 5.34. The third-order valence-electron chi connectivity index (χ3n) is 6.59. The van der Waals surface area contributed by atoms with Gasteiger partial charge in [-0.1, -0.05) is 48.4 Å². The van der Waals surface area contributed by atoms with Crippen molar-refractivity contribution in [3.8, 4) is 0 Å². The van der Waals surface area contributed by atoms with Crippen LogP contribution in [0.5, 0.6) is 0 Å². The lowest BCUT2D eigenvalue weighted by molar-refractivity contribution is -0.113. The lowest BCUT2D eigenvalue weighted by Gasteiger charge is -2.13. The molecule has 1 N–H and O–H groups in total. The second-order valence-corrected chi connectivity index (χ2v) is 9.08. The zero-order valence-corrected chi connectivity index (χ0v) is 19.7. The molecule has 3 aliphatic rings. The standard InChI is InChI=1S/C28H29N5O/c1-3-7-20-12-15-23(29-16-20)18-33-26-11-6-10-25(27(26)19(2)32-33)31-28(34)22-14-13-21-8-4-5-9-24(21)30-17-22/h4-6,8-12,15-17,20-21H,3,7,13-14,18H2,1-2H3/p+1. The van der Waals surface area contributed by atoms with Gasteiger partial charge in [-0.3, -0.25) is 14.5 Å². The zero-order chi connectivity index (χ0) is 23.5. The first kappa shape index (κ1) is 22.1. The van der Waals surface area contributed by atoms with Crippen molar-refractivity contribution in [1.82, 2.24) is 14.4 Å². The van der Waals surface area contributed by atoms with Crippen LogP contribution < -0.4 is 9.98 Å². The van der Waals surface area contributed by atoms with Gasteiger partial charge in [0.05, 0.1) is 22.8 Å². The van der Waals surface area contributed by atoms with Gasteiger partial charge in [-0.2, -0.15) is 5.10 Å². The third-order valence-corrected chi connectivity index (χ3v) is 6.59. The van der Waals surface area contributed by atoms with Crippen LogP contribution in [-0.2, 0) is 11.3 Å². The van der Waals surface area contributed by atoms with Crippen LogP contribution in [0.15, 0.2) is 71.4 Å². The van der Waals surface area contributed by atoms with Gasteiger partial charge in [-0.05, 0) is 44.4 Å². The van der Waals surface area contributed by atoms with Gasteiger partial charge in [0.2, 0.25) is 0 Å². The third kappa shape index (κ3) is 4.50. The summed E-state index contributed by atoms with van der Waals surface area (Å²) in [5.74, 6) is 0.597. The Morgan fingerprint density at radius 2 is 2.15 bits per heavy atom. The van der Waals surface area contributed by atoms with Crippen molar-refractivity contribution in [2.45, 2.75) is 46.1 Å². The molecule has 2 aliphatic heterocycles. The number of hydrogen-bond donors (Lipinski definition) is 1. The maximum atomic E-state index is 13.1. The minimum Gasteiger partial charge on any atom is -0.322 e. The summed E-state index contributed by atoms with van der Waals surface area (Å²) < 4.78 is 6.63. The van der Waals surface area contributed by atoms with E-state index < -0.39 is 0 Å². The van der Waals surface area contributed by atoms with E-state index in [9.17, 15) is 4.79 Å². The molecule has 3 heterocycles. The van der Waals surface area contributed by atoms with Gasteiger partial charge in [-0.15, -0.1) is 0 Å². The van der Waals surface area contributed by atoms with Crippen LogP contribution in [0.1, 0.15) is 38.3 Å². The molecule has 0 saturated carbocycles. The van der Waals surface area contributed by atoms with Crippen LogP contribution >= 0.6 is 0 Å². The van der Waals surface area contributed by atoms with E-state index in [-0.39, 0.29) is 11.8 Å². The molecule has 1 amide bonds. The summed E-state index contributed by atoms with van der Waals surface area (Å²) in [5, 5.41) is 8.86. The molecule has 0 spiro atoms. The molecule has 2 unspecified atom stereocenters. The van der Waals surface area contributed by atoms with E-state index in [1.54, 1.807) is 6.20 Å². The number of aromatic nitrogens is 2. The van der Waals surface area contributed by atoms with E-state index in [2.05, 4.69) is 40.1 Å². The highest BCUT2D eigenvalue weighted by Crippen LogP contribution is 2.29. The van der Waals surface area contributed by atoms with Crippen LogP contribution in [-0.4, -0.2) is 33.3 Å². The van der Waals surface area contributed by atoms with Gasteiger partial charge in [-0.25, -0.2) is 0 Å². The monoisotopic (exact) mass is 452 g/mol. The summed E-state index contributed by atoms with van der Waals surface area (Å²) in [7, 11) is 0. The molecule has 172 valence electrons. The van der Waals surface area contributed by atoms with E-state index in [0.29, 0.717) is 24.5 Å². The van der Waals surface area contributed by atoms with Gasteiger partial charge < -0.3 is 5.32 Å². The molecule has 6 heteroatoms. The number of rotatable bonds is 6. The number of carbonyl (C=O) groups excluding carboxylic acids is 1. The second kappa shape index (κ2) is 9.62. The van der Waals surface area contributed by atoms with Crippen LogP contribution in [0, 0.1) is 18.8 Å². The molecule has 0 saturated heterocycles. The molecule has 5 rings (SSSR count). The van der Waals surface area contributed by atoms with Crippen molar-refractivity contribution in [3.63, 3.8) is 0 Å². The van der Waals surface area contributed by atoms with Gasteiger partial charge in [0, 0.05) is 34.9 Å². The normalized spacial score (nSPS) is 21.1. The van der Waals surface area contributed by atoms with Gasteiger partial charge >= 0.3 is 5.71 Å². The highest BCUT2D eigenvalue weighted by molar-refractivity contribution is 6.10. The maximum absolute atomic E-state index is 13.1. The first-order chi connectivity index (χ1) is 16.6. The number of aliphatic imine (C=N–C) groups is 1. The number of benzene rings is 1. The van der Waals surface area contributed by atoms with Crippen molar-refractivity contribution in [2.24, 2.45) is 16.8 Å². The minimum atomic E-state index is -0.105. The molecular formula is C28H30N5O+. The molecule has 0 radical (unpaired) electrons. The van der Waals surface area contributed by atoms with Crippen LogP contribution in [0.3, 0.4) is 0 Å². The molecule has 1 aromatic carbocycles. The number of fused-ring (bicyclic) bond motifs is 2. The molecule has 34 heavy (non-hydrogen) atoms. The molecule has 0 bridgehead atoms. The van der Waals surface area contributed by atoms with E-state index in [0.717, 1.165) is 53.0 Å². The predicted molar refractivity (Wildman–Crippen MR) is 140 cm³/mol. The first-order valence-electron chi connectivity index (χ1n) is 12.1. The Labute approximate surface area is 199 Å². The lowest BCUT2D eigenvalue weighted by Crippen LogP contribution is -2.17. The van der Waals surface area contributed by atoms with Gasteiger partial charge in [0.1, 0.15) is 6.54 Å². The molecule has 2 atom stereocenters. The van der Waals surface area contributed by atoms with Crippen LogP contribution in [0.2, 0.25) is 0 Å². The first-order valence-corrected chi connectivity index (χ1v) is 12.1. The largest absolute Gasteiger partial charge is 0.324 e. The SMILES string of the molecule is CCCC1C=CC(Cn2nc(C)c3c(NC(=O)C4=CN=C5C=CC=CC5CC4)cccc32)=[N+]=C1. The van der Waals surface area contributed by atoms with Crippen molar-refractivity contribution < 1.29 is 4.79 Å². The Morgan fingerprint density at radius 3 is 2.97 bits per heavy atom. The maximum Gasteiger partial charge on any atom is 0.324 e. The van der Waals surface area contributed by atoms with Crippen molar-refractivity contribution in [3.05, 3.63) is 72.1 Å². The minimum absolute atomic E-state index is 0.105. The Morgan fingerprint density at radius 1 is 1.24 bits per heavy atom. The van der Waals surface area contributed by atoms with E-state index >= 15 is 0 Å². The van der Waals surface area contributed by atoms with E-state index in [1.807, 2.05) is 54.2 Å². The average molecular weight is 453 g/mol. The second-order valence-electron chi connectivity index (χ2n) is 9.08. The number of nitrogens with one attached hydrogen (secondary N) is 1. The molecule has 1 aliphatic carbocycles. The summed E-state index contributed by atoms with van der Waals surface area (Å²) in [6.45, 7) is 4.77. The van der Waals surface area contributed by atoms with E-state index in [1.165, 1.54) is 0 Å².